The van der Waals surface area contributed by atoms with Gasteiger partial charge in [-0.1, -0.05) is 36.4 Å². The van der Waals surface area contributed by atoms with E-state index >= 15 is 0 Å². The fourth-order valence-corrected chi connectivity index (χ4v) is 2.94. The van der Waals surface area contributed by atoms with Crippen LogP contribution < -0.4 is 5.32 Å². The highest BCUT2D eigenvalue weighted by molar-refractivity contribution is 5.96. The first-order valence-electron chi connectivity index (χ1n) is 8.28. The molecule has 2 amide bonds. The average Bonchev–Trinajstić information content (AvgIpc) is 3.17. The van der Waals surface area contributed by atoms with Gasteiger partial charge < -0.3 is 10.2 Å². The van der Waals surface area contributed by atoms with E-state index in [0.717, 1.165) is 31.5 Å². The molecule has 1 aromatic carbocycles. The molecule has 1 N–H and O–H groups in total. The van der Waals surface area contributed by atoms with Gasteiger partial charge in [0, 0.05) is 25.7 Å². The van der Waals surface area contributed by atoms with Crippen molar-refractivity contribution in [2.24, 2.45) is 0 Å². The number of nitrogens with one attached hydrogen (secondary N) is 1. The molecule has 1 aromatic heterocycles. The summed E-state index contributed by atoms with van der Waals surface area (Å²) < 4.78 is 0. The maximum atomic E-state index is 12.8. The quantitative estimate of drug-likeness (QED) is 0.916. The number of rotatable bonds is 5. The molecule has 5 heteroatoms. The molecule has 1 aliphatic heterocycles. The van der Waals surface area contributed by atoms with Crippen LogP contribution in [0.15, 0.2) is 54.7 Å². The summed E-state index contributed by atoms with van der Waals surface area (Å²) in [5.74, 6) is -0.329. The van der Waals surface area contributed by atoms with Crippen molar-refractivity contribution in [1.29, 1.82) is 0 Å². The molecule has 1 fully saturated rings. The lowest BCUT2D eigenvalue weighted by atomic mass is 10.0. The molecule has 0 spiro atoms. The van der Waals surface area contributed by atoms with Crippen molar-refractivity contribution in [3.8, 4) is 0 Å². The Kier molecular flexibility index (Phi) is 5.21. The van der Waals surface area contributed by atoms with E-state index in [9.17, 15) is 9.59 Å². The third-order valence-electron chi connectivity index (χ3n) is 4.20. The third-order valence-corrected chi connectivity index (χ3v) is 4.20. The predicted molar refractivity (Wildman–Crippen MR) is 91.5 cm³/mol. The van der Waals surface area contributed by atoms with Crippen molar-refractivity contribution in [2.75, 3.05) is 13.1 Å². The van der Waals surface area contributed by atoms with E-state index in [-0.39, 0.29) is 11.8 Å². The molecule has 1 atom stereocenters. The van der Waals surface area contributed by atoms with Gasteiger partial charge in [0.1, 0.15) is 11.7 Å². The summed E-state index contributed by atoms with van der Waals surface area (Å²) in [6.45, 7) is 1.53. The summed E-state index contributed by atoms with van der Waals surface area (Å²) in [5, 5.41) is 2.87. The van der Waals surface area contributed by atoms with Crippen molar-refractivity contribution >= 4 is 11.8 Å². The molecule has 24 heavy (non-hydrogen) atoms. The molecule has 0 radical (unpaired) electrons. The van der Waals surface area contributed by atoms with Gasteiger partial charge in [-0.3, -0.25) is 14.6 Å². The minimum Gasteiger partial charge on any atom is -0.341 e. The van der Waals surface area contributed by atoms with Crippen LogP contribution in [-0.4, -0.2) is 40.8 Å². The highest BCUT2D eigenvalue weighted by Crippen LogP contribution is 2.12. The summed E-state index contributed by atoms with van der Waals surface area (Å²) in [5.41, 5.74) is 1.35. The van der Waals surface area contributed by atoms with Gasteiger partial charge in [0.25, 0.3) is 5.91 Å². The van der Waals surface area contributed by atoms with Crippen molar-refractivity contribution < 1.29 is 9.59 Å². The standard InChI is InChI=1S/C19H21N3O2/c23-18(16-10-4-5-11-20-16)21-17(14-15-8-2-1-3-9-15)19(24)22-12-6-7-13-22/h1-5,8-11,17H,6-7,12-14H2,(H,21,23)/t17-/m1/s1. The van der Waals surface area contributed by atoms with Gasteiger partial charge in [-0.25, -0.2) is 0 Å². The lowest BCUT2D eigenvalue weighted by molar-refractivity contribution is -0.132. The zero-order valence-corrected chi connectivity index (χ0v) is 13.5. The van der Waals surface area contributed by atoms with E-state index in [0.29, 0.717) is 12.1 Å². The minimum atomic E-state index is -0.569. The van der Waals surface area contributed by atoms with Gasteiger partial charge in [0.05, 0.1) is 0 Å². The maximum absolute atomic E-state index is 12.8. The number of nitrogens with zero attached hydrogens (tertiary/aromatic N) is 2. The van der Waals surface area contributed by atoms with Gasteiger partial charge in [0.2, 0.25) is 5.91 Å². The number of amides is 2. The molecular formula is C19H21N3O2. The summed E-state index contributed by atoms with van der Waals surface area (Å²) in [7, 11) is 0. The Balaban J connectivity index is 1.76. The topological polar surface area (TPSA) is 62.3 Å². The van der Waals surface area contributed by atoms with E-state index in [1.807, 2.05) is 35.2 Å². The number of likely N-dealkylation sites (tertiary alicyclic amines) is 1. The van der Waals surface area contributed by atoms with E-state index in [2.05, 4.69) is 10.3 Å². The zero-order chi connectivity index (χ0) is 16.8. The monoisotopic (exact) mass is 323 g/mol. The lowest BCUT2D eigenvalue weighted by Gasteiger charge is -2.24. The second-order valence-corrected chi connectivity index (χ2v) is 5.96. The highest BCUT2D eigenvalue weighted by Gasteiger charge is 2.28. The van der Waals surface area contributed by atoms with E-state index < -0.39 is 6.04 Å². The molecule has 3 rings (SSSR count). The maximum Gasteiger partial charge on any atom is 0.270 e. The first kappa shape index (κ1) is 16.2. The van der Waals surface area contributed by atoms with Gasteiger partial charge >= 0.3 is 0 Å². The fourth-order valence-electron chi connectivity index (χ4n) is 2.94. The van der Waals surface area contributed by atoms with Crippen LogP contribution in [0, 0.1) is 0 Å². The number of benzene rings is 1. The second kappa shape index (κ2) is 7.73. The van der Waals surface area contributed by atoms with Crippen molar-refractivity contribution in [2.45, 2.75) is 25.3 Å². The Morgan fingerprint density at radius 2 is 1.75 bits per heavy atom. The molecule has 124 valence electrons. The smallest absolute Gasteiger partial charge is 0.270 e. The van der Waals surface area contributed by atoms with Gasteiger partial charge in [-0.05, 0) is 30.5 Å². The summed E-state index contributed by atoms with van der Waals surface area (Å²) in [6.07, 6.45) is 4.11. The molecule has 1 aliphatic rings. The van der Waals surface area contributed by atoms with Crippen molar-refractivity contribution in [1.82, 2.24) is 15.2 Å². The first-order valence-corrected chi connectivity index (χ1v) is 8.28. The molecule has 0 aliphatic carbocycles. The van der Waals surface area contributed by atoms with Crippen LogP contribution in [0.4, 0.5) is 0 Å². The SMILES string of the molecule is O=C(N[C@H](Cc1ccccc1)C(=O)N1CCCC1)c1ccccn1. The second-order valence-electron chi connectivity index (χ2n) is 5.96. The largest absolute Gasteiger partial charge is 0.341 e. The molecular weight excluding hydrogens is 302 g/mol. The predicted octanol–water partition coefficient (Wildman–Crippen LogP) is 2.05. The van der Waals surface area contributed by atoms with Crippen molar-refractivity contribution in [3.63, 3.8) is 0 Å². The van der Waals surface area contributed by atoms with Crippen LogP contribution in [0.1, 0.15) is 28.9 Å². The Hall–Kier alpha value is -2.69. The molecule has 2 aromatic rings. The minimum absolute atomic E-state index is 0.0133. The number of hydrogen-bond acceptors (Lipinski definition) is 3. The fraction of sp³-hybridized carbons (Fsp3) is 0.316. The van der Waals surface area contributed by atoms with Gasteiger partial charge in [0.15, 0.2) is 0 Å². The van der Waals surface area contributed by atoms with Crippen LogP contribution in [0.2, 0.25) is 0 Å². The van der Waals surface area contributed by atoms with Gasteiger partial charge in [-0.2, -0.15) is 0 Å². The Morgan fingerprint density at radius 3 is 2.42 bits per heavy atom. The Labute approximate surface area is 141 Å². The van der Waals surface area contributed by atoms with Crippen molar-refractivity contribution in [3.05, 3.63) is 66.0 Å². The van der Waals surface area contributed by atoms with E-state index in [4.69, 9.17) is 0 Å². The number of carbonyl (C=O) groups excluding carboxylic acids is 2. The third kappa shape index (κ3) is 3.98. The first-order chi connectivity index (χ1) is 11.7. The molecule has 5 nitrogen and oxygen atoms in total. The molecule has 0 saturated carbocycles. The van der Waals surface area contributed by atoms with Crippen LogP contribution in [-0.2, 0) is 11.2 Å². The molecule has 0 bridgehead atoms. The summed E-state index contributed by atoms with van der Waals surface area (Å²) in [4.78, 5) is 31.1. The van der Waals surface area contributed by atoms with E-state index in [1.165, 1.54) is 0 Å². The van der Waals surface area contributed by atoms with Crippen LogP contribution in [0.25, 0.3) is 0 Å². The number of hydrogen-bond donors (Lipinski definition) is 1. The zero-order valence-electron chi connectivity index (χ0n) is 13.5. The highest BCUT2D eigenvalue weighted by atomic mass is 16.2. The number of aromatic nitrogens is 1. The van der Waals surface area contributed by atoms with Crippen LogP contribution in [0.5, 0.6) is 0 Å². The van der Waals surface area contributed by atoms with E-state index in [1.54, 1.807) is 24.4 Å². The molecule has 1 saturated heterocycles. The van der Waals surface area contributed by atoms with Gasteiger partial charge in [-0.15, -0.1) is 0 Å². The summed E-state index contributed by atoms with van der Waals surface area (Å²) in [6, 6.07) is 14.3. The lowest BCUT2D eigenvalue weighted by Crippen LogP contribution is -2.49. The Morgan fingerprint density at radius 1 is 1.04 bits per heavy atom. The number of pyridine rings is 1. The molecule has 2 heterocycles. The van der Waals surface area contributed by atoms with Crippen LogP contribution >= 0.6 is 0 Å². The van der Waals surface area contributed by atoms with Crippen LogP contribution in [0.3, 0.4) is 0 Å². The average molecular weight is 323 g/mol. The Bertz CT molecular complexity index is 682. The summed E-state index contributed by atoms with van der Waals surface area (Å²) >= 11 is 0. The molecule has 0 unspecified atom stereocenters. The number of carbonyl (C=O) groups is 2. The normalized spacial score (nSPS) is 15.1.